The van der Waals surface area contributed by atoms with Gasteiger partial charge in [0.1, 0.15) is 10.9 Å². The molecule has 0 saturated heterocycles. The highest BCUT2D eigenvalue weighted by atomic mass is 35.5. The second-order valence-corrected chi connectivity index (χ2v) is 6.10. The number of para-hydroxylation sites is 1. The van der Waals surface area contributed by atoms with Gasteiger partial charge in [-0.1, -0.05) is 41.9 Å². The number of carbonyl (C=O) groups excluding carboxylic acids is 2. The number of nitrogens with zero attached hydrogens (tertiary/aromatic N) is 1. The summed E-state index contributed by atoms with van der Waals surface area (Å²) >= 11 is 5.96. The van der Waals surface area contributed by atoms with Crippen molar-refractivity contribution in [1.82, 2.24) is 10.3 Å². The Morgan fingerprint density at radius 2 is 1.85 bits per heavy atom. The van der Waals surface area contributed by atoms with Gasteiger partial charge in [-0.3, -0.25) is 4.79 Å². The number of carbonyl (C=O) groups is 2. The van der Waals surface area contributed by atoms with Gasteiger partial charge in [-0.15, -0.1) is 0 Å². The maximum absolute atomic E-state index is 12.4. The zero-order valence-corrected chi connectivity index (χ0v) is 15.3. The van der Waals surface area contributed by atoms with E-state index in [9.17, 15) is 9.59 Å². The lowest BCUT2D eigenvalue weighted by Gasteiger charge is -2.09. The monoisotopic (exact) mass is 384 g/mol. The average molecular weight is 385 g/mol. The van der Waals surface area contributed by atoms with Crippen LogP contribution < -0.4 is 10.1 Å². The van der Waals surface area contributed by atoms with Crippen molar-refractivity contribution in [1.29, 1.82) is 0 Å². The van der Waals surface area contributed by atoms with Crippen molar-refractivity contribution in [3.05, 3.63) is 70.9 Å². The molecule has 3 rings (SSSR count). The van der Waals surface area contributed by atoms with Crippen LogP contribution in [-0.2, 0) is 16.1 Å². The second-order valence-electron chi connectivity index (χ2n) is 5.71. The van der Waals surface area contributed by atoms with E-state index in [-0.39, 0.29) is 17.3 Å². The Hall–Kier alpha value is -3.12. The van der Waals surface area contributed by atoms with Crippen LogP contribution in [-0.4, -0.2) is 30.6 Å². The van der Waals surface area contributed by atoms with Gasteiger partial charge in [-0.25, -0.2) is 9.78 Å². The number of rotatable bonds is 6. The third-order valence-corrected chi connectivity index (χ3v) is 4.08. The number of hydrogen-bond acceptors (Lipinski definition) is 5. The van der Waals surface area contributed by atoms with Crippen LogP contribution in [0, 0.1) is 0 Å². The third kappa shape index (κ3) is 4.74. The van der Waals surface area contributed by atoms with Crippen LogP contribution in [0.5, 0.6) is 5.75 Å². The molecule has 0 spiro atoms. The van der Waals surface area contributed by atoms with Crippen LogP contribution >= 0.6 is 11.6 Å². The van der Waals surface area contributed by atoms with E-state index in [0.29, 0.717) is 17.4 Å². The highest BCUT2D eigenvalue weighted by molar-refractivity contribution is 6.30. The molecule has 0 aliphatic rings. The van der Waals surface area contributed by atoms with Crippen molar-refractivity contribution in [2.75, 3.05) is 13.7 Å². The molecule has 0 fully saturated rings. The molecule has 1 amide bonds. The molecule has 7 heteroatoms. The Kier molecular flexibility index (Phi) is 5.88. The van der Waals surface area contributed by atoms with Gasteiger partial charge in [0.05, 0.1) is 18.2 Å². The zero-order chi connectivity index (χ0) is 19.2. The smallest absolute Gasteiger partial charge is 0.339 e. The molecular weight excluding hydrogens is 368 g/mol. The fourth-order valence-corrected chi connectivity index (χ4v) is 2.72. The van der Waals surface area contributed by atoms with Gasteiger partial charge in [0.25, 0.3) is 5.91 Å². The van der Waals surface area contributed by atoms with Gasteiger partial charge in [-0.05, 0) is 29.8 Å². The number of pyridine rings is 1. The number of amides is 1. The molecule has 0 radical (unpaired) electrons. The molecule has 3 aromatic rings. The van der Waals surface area contributed by atoms with E-state index >= 15 is 0 Å². The van der Waals surface area contributed by atoms with Crippen molar-refractivity contribution in [2.24, 2.45) is 0 Å². The summed E-state index contributed by atoms with van der Waals surface area (Å²) in [5, 5.41) is 3.50. The van der Waals surface area contributed by atoms with Crippen LogP contribution in [0.4, 0.5) is 0 Å². The van der Waals surface area contributed by atoms with Gasteiger partial charge >= 0.3 is 5.97 Å². The number of halogens is 1. The number of hydrogen-bond donors (Lipinski definition) is 1. The lowest BCUT2D eigenvalue weighted by Crippen LogP contribution is -2.28. The maximum Gasteiger partial charge on any atom is 0.339 e. The fraction of sp³-hybridized carbons (Fsp3) is 0.150. The topological polar surface area (TPSA) is 77.5 Å². The first-order valence-electron chi connectivity index (χ1n) is 8.19. The van der Waals surface area contributed by atoms with Gasteiger partial charge in [-0.2, -0.15) is 0 Å². The molecule has 1 heterocycles. The third-order valence-electron chi connectivity index (χ3n) is 3.89. The number of fused-ring (bicyclic) bond motifs is 1. The lowest BCUT2D eigenvalue weighted by molar-refractivity contribution is -0.124. The number of methoxy groups -OCH3 is 1. The Bertz CT molecular complexity index is 973. The van der Waals surface area contributed by atoms with Gasteiger partial charge in [0.2, 0.25) is 0 Å². The minimum Gasteiger partial charge on any atom is -0.497 e. The van der Waals surface area contributed by atoms with Crippen molar-refractivity contribution in [3.8, 4) is 5.75 Å². The SMILES string of the molecule is COc1ccc(CNC(=O)COC(=O)c2cc(Cl)nc3ccccc23)cc1. The van der Waals surface area contributed by atoms with Crippen molar-refractivity contribution < 1.29 is 19.1 Å². The number of aromatic nitrogens is 1. The maximum atomic E-state index is 12.4. The first-order valence-corrected chi connectivity index (χ1v) is 8.56. The summed E-state index contributed by atoms with van der Waals surface area (Å²) in [5.41, 5.74) is 1.76. The average Bonchev–Trinajstić information content (AvgIpc) is 2.70. The molecule has 0 aliphatic carbocycles. The molecule has 138 valence electrons. The molecule has 27 heavy (non-hydrogen) atoms. The number of esters is 1. The molecule has 1 N–H and O–H groups in total. The predicted molar refractivity (Wildman–Crippen MR) is 102 cm³/mol. The summed E-state index contributed by atoms with van der Waals surface area (Å²) in [5.74, 6) is -0.291. The minimum atomic E-state index is -0.630. The standard InChI is InChI=1S/C20H17ClN2O4/c1-26-14-8-6-13(7-9-14)11-22-19(24)12-27-20(25)16-10-18(21)23-17-5-3-2-4-15(16)17/h2-10H,11-12H2,1H3,(H,22,24). The number of ether oxygens (including phenoxy) is 2. The van der Waals surface area contributed by atoms with Gasteiger partial charge in [0.15, 0.2) is 6.61 Å². The van der Waals surface area contributed by atoms with E-state index in [1.807, 2.05) is 12.1 Å². The van der Waals surface area contributed by atoms with E-state index in [0.717, 1.165) is 11.3 Å². The Morgan fingerprint density at radius 1 is 1.11 bits per heavy atom. The molecule has 0 bridgehead atoms. The van der Waals surface area contributed by atoms with Crippen LogP contribution in [0.2, 0.25) is 5.15 Å². The van der Waals surface area contributed by atoms with E-state index in [1.165, 1.54) is 6.07 Å². The summed E-state index contributed by atoms with van der Waals surface area (Å²) in [7, 11) is 1.59. The Labute approximate surface area is 161 Å². The minimum absolute atomic E-state index is 0.185. The molecule has 2 aromatic carbocycles. The van der Waals surface area contributed by atoms with Gasteiger partial charge < -0.3 is 14.8 Å². The summed E-state index contributed by atoms with van der Waals surface area (Å²) in [6.45, 7) is -0.0619. The van der Waals surface area contributed by atoms with E-state index < -0.39 is 11.9 Å². The first kappa shape index (κ1) is 18.7. The van der Waals surface area contributed by atoms with Crippen LogP contribution in [0.1, 0.15) is 15.9 Å². The van der Waals surface area contributed by atoms with Crippen LogP contribution in [0.3, 0.4) is 0 Å². The first-order chi connectivity index (χ1) is 13.1. The molecule has 0 atom stereocenters. The molecule has 1 aromatic heterocycles. The lowest BCUT2D eigenvalue weighted by atomic mass is 10.1. The van der Waals surface area contributed by atoms with Crippen molar-refractivity contribution in [3.63, 3.8) is 0 Å². The normalized spacial score (nSPS) is 10.4. The molecule has 0 unspecified atom stereocenters. The van der Waals surface area contributed by atoms with Crippen molar-refractivity contribution >= 4 is 34.4 Å². The highest BCUT2D eigenvalue weighted by Gasteiger charge is 2.15. The van der Waals surface area contributed by atoms with Gasteiger partial charge in [0, 0.05) is 11.9 Å². The second kappa shape index (κ2) is 8.51. The Balaban J connectivity index is 1.58. The molecule has 6 nitrogen and oxygen atoms in total. The molecular formula is C20H17ClN2O4. The van der Waals surface area contributed by atoms with Crippen molar-refractivity contribution in [2.45, 2.75) is 6.54 Å². The largest absolute Gasteiger partial charge is 0.497 e. The van der Waals surface area contributed by atoms with Crippen LogP contribution in [0.25, 0.3) is 10.9 Å². The molecule has 0 aliphatic heterocycles. The quantitative estimate of drug-likeness (QED) is 0.520. The number of nitrogens with one attached hydrogen (secondary N) is 1. The summed E-state index contributed by atoms with van der Waals surface area (Å²) < 4.78 is 10.2. The fourth-order valence-electron chi connectivity index (χ4n) is 2.52. The summed E-state index contributed by atoms with van der Waals surface area (Å²) in [4.78, 5) is 28.5. The Morgan fingerprint density at radius 3 is 2.59 bits per heavy atom. The summed E-state index contributed by atoms with van der Waals surface area (Å²) in [6, 6.07) is 15.8. The zero-order valence-electron chi connectivity index (χ0n) is 14.6. The van der Waals surface area contributed by atoms with E-state index in [2.05, 4.69) is 10.3 Å². The highest BCUT2D eigenvalue weighted by Crippen LogP contribution is 2.21. The number of benzene rings is 2. The summed E-state index contributed by atoms with van der Waals surface area (Å²) in [6.07, 6.45) is 0. The van der Waals surface area contributed by atoms with E-state index in [1.54, 1.807) is 43.5 Å². The van der Waals surface area contributed by atoms with Crippen LogP contribution in [0.15, 0.2) is 54.6 Å². The van der Waals surface area contributed by atoms with E-state index in [4.69, 9.17) is 21.1 Å². The molecule has 0 saturated carbocycles. The predicted octanol–water partition coefficient (Wildman–Crippen LogP) is 3.37.